The van der Waals surface area contributed by atoms with Crippen molar-refractivity contribution in [1.82, 2.24) is 0 Å². The summed E-state index contributed by atoms with van der Waals surface area (Å²) in [5, 5.41) is -0.663. The van der Waals surface area contributed by atoms with E-state index in [1.54, 1.807) is 6.92 Å². The predicted octanol–water partition coefficient (Wildman–Crippen LogP) is 4.76. The van der Waals surface area contributed by atoms with Crippen LogP contribution in [0.2, 0.25) is 0 Å². The van der Waals surface area contributed by atoms with Crippen LogP contribution in [0.3, 0.4) is 0 Å². The minimum absolute atomic E-state index is 0.0783. The van der Waals surface area contributed by atoms with E-state index in [1.165, 1.54) is 5.56 Å². The summed E-state index contributed by atoms with van der Waals surface area (Å²) in [6, 6.07) is 18.0. The summed E-state index contributed by atoms with van der Waals surface area (Å²) in [7, 11) is 0. The van der Waals surface area contributed by atoms with Crippen molar-refractivity contribution in [3.63, 3.8) is 0 Å². The van der Waals surface area contributed by atoms with Crippen LogP contribution in [0.15, 0.2) is 54.6 Å². The van der Waals surface area contributed by atoms with Gasteiger partial charge in [-0.05, 0) is 36.6 Å². The van der Waals surface area contributed by atoms with E-state index in [0.29, 0.717) is 19.6 Å². The minimum atomic E-state index is -0.663. The van der Waals surface area contributed by atoms with Crippen LogP contribution in [0.1, 0.15) is 31.9 Å². The molecule has 25 heavy (non-hydrogen) atoms. The molecule has 1 atom stereocenters. The second-order valence-corrected chi connectivity index (χ2v) is 7.13. The lowest BCUT2D eigenvalue weighted by Crippen LogP contribution is -2.26. The zero-order valence-electron chi connectivity index (χ0n) is 15.0. The molecule has 0 N–H and O–H groups in total. The van der Waals surface area contributed by atoms with Gasteiger partial charge in [0.2, 0.25) is 0 Å². The number of hydrogen-bond donors (Lipinski definition) is 0. The van der Waals surface area contributed by atoms with E-state index in [9.17, 15) is 4.79 Å². The molecule has 0 aromatic heterocycles. The monoisotopic (exact) mass is 360 g/mol. The zero-order valence-corrected chi connectivity index (χ0v) is 15.8. The third-order valence-corrected chi connectivity index (χ3v) is 4.37. The number of rotatable bonds is 8. The fourth-order valence-electron chi connectivity index (χ4n) is 2.48. The van der Waals surface area contributed by atoms with Crippen LogP contribution in [0, 0.1) is 0 Å². The van der Waals surface area contributed by atoms with Crippen molar-refractivity contribution in [2.75, 3.05) is 13.2 Å². The van der Waals surface area contributed by atoms with Crippen molar-refractivity contribution >= 4 is 17.6 Å². The molecule has 0 saturated heterocycles. The highest BCUT2D eigenvalue weighted by Gasteiger charge is 2.21. The number of carbonyl (C=O) groups is 1. The number of hydrogen-bond acceptors (Lipinski definition) is 3. The van der Waals surface area contributed by atoms with E-state index in [1.807, 2.05) is 42.5 Å². The summed E-state index contributed by atoms with van der Waals surface area (Å²) in [4.78, 5) is 11.6. The number of alkyl halides is 1. The normalized spacial score (nSPS) is 12.5. The second kappa shape index (κ2) is 8.91. The van der Waals surface area contributed by atoms with Gasteiger partial charge < -0.3 is 9.47 Å². The van der Waals surface area contributed by atoms with Crippen LogP contribution >= 0.6 is 11.6 Å². The molecule has 0 aliphatic rings. The first-order valence-electron chi connectivity index (χ1n) is 8.50. The van der Waals surface area contributed by atoms with Crippen LogP contribution in [-0.4, -0.2) is 24.6 Å². The summed E-state index contributed by atoms with van der Waals surface area (Å²) in [6.45, 7) is 7.01. The molecule has 2 aromatic rings. The summed E-state index contributed by atoms with van der Waals surface area (Å²) >= 11 is 6.07. The van der Waals surface area contributed by atoms with E-state index >= 15 is 0 Å². The zero-order chi connectivity index (χ0) is 18.3. The number of halogens is 1. The number of esters is 1. The van der Waals surface area contributed by atoms with Crippen molar-refractivity contribution in [2.45, 2.75) is 38.0 Å². The molecular weight excluding hydrogens is 336 g/mol. The van der Waals surface area contributed by atoms with E-state index in [-0.39, 0.29) is 11.4 Å². The summed E-state index contributed by atoms with van der Waals surface area (Å²) < 4.78 is 10.9. The lowest BCUT2D eigenvalue weighted by Gasteiger charge is -2.25. The summed E-state index contributed by atoms with van der Waals surface area (Å²) in [5.74, 6) is 0.420. The van der Waals surface area contributed by atoms with Gasteiger partial charge >= 0.3 is 5.97 Å². The van der Waals surface area contributed by atoms with Crippen LogP contribution in [0.4, 0.5) is 0 Å². The van der Waals surface area contributed by atoms with Gasteiger partial charge in [-0.2, -0.15) is 0 Å². The second-order valence-electron chi connectivity index (χ2n) is 6.61. The molecule has 3 nitrogen and oxygen atoms in total. The molecular formula is C21H25ClO3. The quantitative estimate of drug-likeness (QED) is 0.503. The molecule has 0 heterocycles. The Kier molecular flexibility index (Phi) is 6.89. The van der Waals surface area contributed by atoms with E-state index in [2.05, 4.69) is 26.0 Å². The van der Waals surface area contributed by atoms with Gasteiger partial charge in [0.05, 0.1) is 13.2 Å². The molecule has 4 heteroatoms. The summed E-state index contributed by atoms with van der Waals surface area (Å²) in [5.41, 5.74) is 2.14. The van der Waals surface area contributed by atoms with Gasteiger partial charge in [0.1, 0.15) is 11.1 Å². The first-order valence-corrected chi connectivity index (χ1v) is 8.94. The SMILES string of the molecule is CCOC(=O)C(Cl)Cc1ccc(OCC(C)(C)c2ccccc2)cc1. The van der Waals surface area contributed by atoms with Gasteiger partial charge in [0.15, 0.2) is 0 Å². The Labute approximate surface area is 154 Å². The Morgan fingerprint density at radius 3 is 2.32 bits per heavy atom. The molecule has 0 amide bonds. The molecule has 0 aliphatic carbocycles. The molecule has 0 radical (unpaired) electrons. The molecule has 2 aromatic carbocycles. The lowest BCUT2D eigenvalue weighted by atomic mass is 9.86. The summed E-state index contributed by atoms with van der Waals surface area (Å²) in [6.07, 6.45) is 0.441. The molecule has 0 bridgehead atoms. The average Bonchev–Trinajstić information content (AvgIpc) is 2.62. The minimum Gasteiger partial charge on any atom is -0.493 e. The Morgan fingerprint density at radius 2 is 1.72 bits per heavy atom. The molecule has 0 fully saturated rings. The smallest absolute Gasteiger partial charge is 0.324 e. The standard InChI is InChI=1S/C21H25ClO3/c1-4-24-20(23)19(22)14-16-10-12-18(13-11-16)25-15-21(2,3)17-8-6-5-7-9-17/h5-13,19H,4,14-15H2,1-3H3. The molecule has 2 rings (SSSR count). The van der Waals surface area contributed by atoms with Gasteiger partial charge in [0.25, 0.3) is 0 Å². The largest absolute Gasteiger partial charge is 0.493 e. The van der Waals surface area contributed by atoms with Crippen LogP contribution < -0.4 is 4.74 Å². The Bertz CT molecular complexity index is 665. The topological polar surface area (TPSA) is 35.5 Å². The highest BCUT2D eigenvalue weighted by molar-refractivity contribution is 6.30. The first kappa shape index (κ1) is 19.3. The predicted molar refractivity (Wildman–Crippen MR) is 101 cm³/mol. The lowest BCUT2D eigenvalue weighted by molar-refractivity contribution is -0.142. The van der Waals surface area contributed by atoms with Gasteiger partial charge in [-0.3, -0.25) is 4.79 Å². The Balaban J connectivity index is 1.91. The van der Waals surface area contributed by atoms with Crippen molar-refractivity contribution in [2.24, 2.45) is 0 Å². The van der Waals surface area contributed by atoms with Crippen LogP contribution in [0.5, 0.6) is 5.75 Å². The number of carbonyl (C=O) groups excluding carboxylic acids is 1. The third kappa shape index (κ3) is 5.79. The average molecular weight is 361 g/mol. The van der Waals surface area contributed by atoms with Crippen LogP contribution in [-0.2, 0) is 21.4 Å². The fourth-order valence-corrected chi connectivity index (χ4v) is 2.72. The fraction of sp³-hybridized carbons (Fsp3) is 0.381. The van der Waals surface area contributed by atoms with Gasteiger partial charge in [-0.1, -0.05) is 56.3 Å². The molecule has 0 aliphatic heterocycles. The number of ether oxygens (including phenoxy) is 2. The highest BCUT2D eigenvalue weighted by atomic mass is 35.5. The van der Waals surface area contributed by atoms with Crippen LogP contribution in [0.25, 0.3) is 0 Å². The van der Waals surface area contributed by atoms with Crippen molar-refractivity contribution in [3.8, 4) is 5.75 Å². The molecule has 0 spiro atoms. The first-order chi connectivity index (χ1) is 11.9. The highest BCUT2D eigenvalue weighted by Crippen LogP contribution is 2.25. The van der Waals surface area contributed by atoms with Gasteiger partial charge in [-0.15, -0.1) is 11.6 Å². The Morgan fingerprint density at radius 1 is 1.08 bits per heavy atom. The third-order valence-electron chi connectivity index (χ3n) is 4.04. The van der Waals surface area contributed by atoms with Crippen molar-refractivity contribution < 1.29 is 14.3 Å². The van der Waals surface area contributed by atoms with E-state index < -0.39 is 5.38 Å². The molecule has 134 valence electrons. The molecule has 0 saturated carbocycles. The van der Waals surface area contributed by atoms with E-state index in [0.717, 1.165) is 11.3 Å². The van der Waals surface area contributed by atoms with Crippen molar-refractivity contribution in [3.05, 3.63) is 65.7 Å². The maximum absolute atomic E-state index is 11.6. The maximum Gasteiger partial charge on any atom is 0.324 e. The van der Waals surface area contributed by atoms with Gasteiger partial charge in [0, 0.05) is 5.41 Å². The maximum atomic E-state index is 11.6. The number of benzene rings is 2. The van der Waals surface area contributed by atoms with E-state index in [4.69, 9.17) is 21.1 Å². The molecule has 1 unspecified atom stereocenters. The van der Waals surface area contributed by atoms with Gasteiger partial charge in [-0.25, -0.2) is 0 Å². The Hall–Kier alpha value is -2.00. The van der Waals surface area contributed by atoms with Crippen molar-refractivity contribution in [1.29, 1.82) is 0 Å².